The van der Waals surface area contributed by atoms with Gasteiger partial charge in [0, 0.05) is 23.7 Å². The van der Waals surface area contributed by atoms with Crippen LogP contribution in [0.5, 0.6) is 5.75 Å². The van der Waals surface area contributed by atoms with E-state index in [2.05, 4.69) is 20.4 Å². The van der Waals surface area contributed by atoms with Gasteiger partial charge in [-0.3, -0.25) is 9.89 Å². The third-order valence-electron chi connectivity index (χ3n) is 4.59. The summed E-state index contributed by atoms with van der Waals surface area (Å²) in [7, 11) is 1.63. The van der Waals surface area contributed by atoms with Gasteiger partial charge in [-0.25, -0.2) is 4.98 Å². The zero-order valence-electron chi connectivity index (χ0n) is 15.8. The zero-order valence-corrected chi connectivity index (χ0v) is 15.8. The van der Waals surface area contributed by atoms with Crippen molar-refractivity contribution in [3.63, 3.8) is 0 Å². The molecular weight excluding hydrogens is 354 g/mol. The van der Waals surface area contributed by atoms with Gasteiger partial charge in [-0.2, -0.15) is 9.50 Å². The second-order valence-electron chi connectivity index (χ2n) is 6.53. The maximum atomic E-state index is 12.9. The molecule has 0 saturated heterocycles. The van der Waals surface area contributed by atoms with E-state index in [0.29, 0.717) is 35.8 Å². The van der Waals surface area contributed by atoms with Crippen LogP contribution in [0.4, 0.5) is 5.69 Å². The van der Waals surface area contributed by atoms with Crippen LogP contribution in [0.1, 0.15) is 22.6 Å². The molecule has 0 radical (unpaired) electrons. The summed E-state index contributed by atoms with van der Waals surface area (Å²) in [5.41, 5.74) is 3.23. The van der Waals surface area contributed by atoms with E-state index in [-0.39, 0.29) is 5.56 Å². The molecule has 2 N–H and O–H groups in total. The molecule has 0 saturated carbocycles. The Morgan fingerprint density at radius 1 is 1.11 bits per heavy atom. The molecule has 0 aliphatic heterocycles. The van der Waals surface area contributed by atoms with E-state index < -0.39 is 0 Å². The molecule has 0 aliphatic rings. The summed E-state index contributed by atoms with van der Waals surface area (Å²) in [5, 5.41) is 6.32. The first-order valence-electron chi connectivity index (χ1n) is 9.03. The van der Waals surface area contributed by atoms with Crippen molar-refractivity contribution < 1.29 is 4.74 Å². The predicted octanol–water partition coefficient (Wildman–Crippen LogP) is 2.94. The number of benzene rings is 2. The number of H-pyrrole nitrogens is 1. The summed E-state index contributed by atoms with van der Waals surface area (Å²) in [4.78, 5) is 21.9. The van der Waals surface area contributed by atoms with E-state index in [9.17, 15) is 4.79 Å². The summed E-state index contributed by atoms with van der Waals surface area (Å²) >= 11 is 0. The van der Waals surface area contributed by atoms with Crippen LogP contribution < -0.4 is 15.6 Å². The Morgan fingerprint density at radius 3 is 2.71 bits per heavy atom. The Balaban J connectivity index is 1.60. The molecule has 28 heavy (non-hydrogen) atoms. The third kappa shape index (κ3) is 3.59. The Kier molecular flexibility index (Phi) is 4.80. The average Bonchev–Trinajstić information content (AvgIpc) is 3.13. The smallest absolute Gasteiger partial charge is 0.277 e. The molecule has 2 aromatic carbocycles. The minimum Gasteiger partial charge on any atom is -0.497 e. The maximum absolute atomic E-state index is 12.9. The lowest BCUT2D eigenvalue weighted by atomic mass is 10.1. The fraction of sp³-hybridized carbons (Fsp3) is 0.190. The first-order chi connectivity index (χ1) is 13.6. The van der Waals surface area contributed by atoms with E-state index in [0.717, 1.165) is 17.0 Å². The predicted molar refractivity (Wildman–Crippen MR) is 108 cm³/mol. The van der Waals surface area contributed by atoms with Crippen molar-refractivity contribution in [1.29, 1.82) is 0 Å². The number of methoxy groups -OCH3 is 1. The van der Waals surface area contributed by atoms with E-state index in [1.807, 2.05) is 61.5 Å². The lowest BCUT2D eigenvalue weighted by Gasteiger charge is -2.06. The number of ether oxygens (including phenoxy) is 1. The van der Waals surface area contributed by atoms with Gasteiger partial charge in [0.05, 0.1) is 19.3 Å². The second-order valence-corrected chi connectivity index (χ2v) is 6.53. The Labute approximate surface area is 162 Å². The van der Waals surface area contributed by atoms with Crippen LogP contribution in [0, 0.1) is 6.92 Å². The SMILES string of the molecule is COc1cccc(NCc2nc3nc(C)c(Cc4ccccc4)c(=O)n3[nH]2)c1. The van der Waals surface area contributed by atoms with Crippen LogP contribution in [0.15, 0.2) is 59.4 Å². The number of nitrogens with one attached hydrogen (secondary N) is 2. The Hall–Kier alpha value is -3.61. The largest absolute Gasteiger partial charge is 0.497 e. The van der Waals surface area contributed by atoms with Gasteiger partial charge < -0.3 is 10.1 Å². The number of aryl methyl sites for hydroxylation is 1. The van der Waals surface area contributed by atoms with Crippen LogP contribution in [0.3, 0.4) is 0 Å². The van der Waals surface area contributed by atoms with Crippen molar-refractivity contribution in [3.8, 4) is 5.75 Å². The van der Waals surface area contributed by atoms with E-state index in [1.54, 1.807) is 7.11 Å². The molecule has 0 unspecified atom stereocenters. The monoisotopic (exact) mass is 375 g/mol. The van der Waals surface area contributed by atoms with Gasteiger partial charge in [0.2, 0.25) is 0 Å². The zero-order chi connectivity index (χ0) is 19.5. The third-order valence-corrected chi connectivity index (χ3v) is 4.59. The molecule has 0 spiro atoms. The summed E-state index contributed by atoms with van der Waals surface area (Å²) in [6.07, 6.45) is 0.540. The number of aromatic nitrogens is 4. The van der Waals surface area contributed by atoms with Crippen LogP contribution in [-0.2, 0) is 13.0 Å². The van der Waals surface area contributed by atoms with Gasteiger partial charge in [-0.05, 0) is 24.6 Å². The molecule has 0 aliphatic carbocycles. The quantitative estimate of drug-likeness (QED) is 0.541. The summed E-state index contributed by atoms with van der Waals surface area (Å²) in [5.74, 6) is 1.78. The van der Waals surface area contributed by atoms with Crippen LogP contribution in [0.25, 0.3) is 5.78 Å². The summed E-state index contributed by atoms with van der Waals surface area (Å²) < 4.78 is 6.64. The topological polar surface area (TPSA) is 84.3 Å². The standard InChI is InChI=1S/C21H21N5O2/c1-14-18(11-15-7-4-3-5-8-15)20(27)26-21(23-14)24-19(25-26)13-22-16-9-6-10-17(12-16)28-2/h3-10,12,22H,11,13H2,1-2H3,(H,23,24,25). The highest BCUT2D eigenvalue weighted by atomic mass is 16.5. The summed E-state index contributed by atoms with van der Waals surface area (Å²) in [6, 6.07) is 17.5. The molecule has 0 amide bonds. The molecule has 0 fully saturated rings. The normalized spacial score (nSPS) is 10.9. The fourth-order valence-corrected chi connectivity index (χ4v) is 3.10. The van der Waals surface area contributed by atoms with E-state index in [1.165, 1.54) is 4.52 Å². The van der Waals surface area contributed by atoms with Crippen molar-refractivity contribution in [3.05, 3.63) is 87.6 Å². The number of anilines is 1. The average molecular weight is 375 g/mol. The highest BCUT2D eigenvalue weighted by Gasteiger charge is 2.13. The molecule has 0 atom stereocenters. The molecular formula is C21H21N5O2. The fourth-order valence-electron chi connectivity index (χ4n) is 3.10. The molecule has 7 nitrogen and oxygen atoms in total. The van der Waals surface area contributed by atoms with Crippen LogP contribution >= 0.6 is 0 Å². The molecule has 7 heteroatoms. The van der Waals surface area contributed by atoms with Crippen LogP contribution in [0.2, 0.25) is 0 Å². The minimum atomic E-state index is -0.119. The lowest BCUT2D eigenvalue weighted by Crippen LogP contribution is -2.22. The molecule has 4 rings (SSSR count). The number of fused-ring (bicyclic) bond motifs is 1. The van der Waals surface area contributed by atoms with Crippen molar-refractivity contribution in [2.24, 2.45) is 0 Å². The van der Waals surface area contributed by atoms with Gasteiger partial charge in [0.1, 0.15) is 11.6 Å². The van der Waals surface area contributed by atoms with Gasteiger partial charge in [0.15, 0.2) is 0 Å². The Bertz CT molecular complexity index is 1160. The van der Waals surface area contributed by atoms with Crippen molar-refractivity contribution in [1.82, 2.24) is 19.6 Å². The van der Waals surface area contributed by atoms with E-state index >= 15 is 0 Å². The molecule has 142 valence electrons. The van der Waals surface area contributed by atoms with Gasteiger partial charge in [0.25, 0.3) is 11.3 Å². The molecule has 0 bridgehead atoms. The molecule has 2 heterocycles. The van der Waals surface area contributed by atoms with Crippen LogP contribution in [-0.4, -0.2) is 26.7 Å². The van der Waals surface area contributed by atoms with Gasteiger partial charge >= 0.3 is 0 Å². The second kappa shape index (κ2) is 7.56. The maximum Gasteiger partial charge on any atom is 0.277 e. The number of hydrogen-bond donors (Lipinski definition) is 2. The minimum absolute atomic E-state index is 0.119. The van der Waals surface area contributed by atoms with E-state index in [4.69, 9.17) is 4.74 Å². The van der Waals surface area contributed by atoms with Crippen molar-refractivity contribution in [2.45, 2.75) is 19.9 Å². The first-order valence-corrected chi connectivity index (χ1v) is 9.03. The van der Waals surface area contributed by atoms with Gasteiger partial charge in [-0.15, -0.1) is 0 Å². The lowest BCUT2D eigenvalue weighted by molar-refractivity contribution is 0.415. The van der Waals surface area contributed by atoms with Gasteiger partial charge in [-0.1, -0.05) is 36.4 Å². The Morgan fingerprint density at radius 2 is 1.93 bits per heavy atom. The van der Waals surface area contributed by atoms with Crippen molar-refractivity contribution in [2.75, 3.05) is 12.4 Å². The number of nitrogens with zero attached hydrogens (tertiary/aromatic N) is 3. The van der Waals surface area contributed by atoms with Crippen molar-refractivity contribution >= 4 is 11.5 Å². The molecule has 4 aromatic rings. The highest BCUT2D eigenvalue weighted by molar-refractivity contribution is 5.48. The number of aromatic amines is 1. The highest BCUT2D eigenvalue weighted by Crippen LogP contribution is 2.17. The number of hydrogen-bond acceptors (Lipinski definition) is 5. The summed E-state index contributed by atoms with van der Waals surface area (Å²) in [6.45, 7) is 2.28. The molecule has 2 aromatic heterocycles. The number of rotatable bonds is 6. The first kappa shape index (κ1) is 17.8.